The Labute approximate surface area is 94.5 Å². The zero-order valence-electron chi connectivity index (χ0n) is 8.72. The number of carbonyl (C=O) groups excluding carboxylic acids is 1. The van der Waals surface area contributed by atoms with Crippen molar-refractivity contribution in [2.75, 3.05) is 7.11 Å². The van der Waals surface area contributed by atoms with Gasteiger partial charge in [0.15, 0.2) is 0 Å². The molecule has 17 heavy (non-hydrogen) atoms. The highest BCUT2D eigenvalue weighted by Crippen LogP contribution is 2.28. The SMILES string of the molecule is COC(=O)c1ccc(/C=C(\F)C(F)(F)F)cc1. The van der Waals surface area contributed by atoms with Crippen LogP contribution >= 0.6 is 0 Å². The number of allylic oxidation sites excluding steroid dienone is 1. The van der Waals surface area contributed by atoms with Crippen molar-refractivity contribution in [3.05, 3.63) is 41.2 Å². The Bertz CT molecular complexity index is 432. The van der Waals surface area contributed by atoms with Crippen molar-refractivity contribution >= 4 is 12.0 Å². The fraction of sp³-hybridized carbons (Fsp3) is 0.182. The van der Waals surface area contributed by atoms with E-state index < -0.39 is 18.0 Å². The molecule has 0 saturated carbocycles. The second-order valence-electron chi connectivity index (χ2n) is 3.10. The van der Waals surface area contributed by atoms with Gasteiger partial charge in [-0.3, -0.25) is 0 Å². The van der Waals surface area contributed by atoms with Crippen LogP contribution in [0.1, 0.15) is 15.9 Å². The molecule has 0 saturated heterocycles. The number of halogens is 4. The van der Waals surface area contributed by atoms with Crippen molar-refractivity contribution in [1.29, 1.82) is 0 Å². The van der Waals surface area contributed by atoms with E-state index in [1.165, 1.54) is 31.4 Å². The normalized spacial score (nSPS) is 12.4. The van der Waals surface area contributed by atoms with Crippen LogP contribution in [-0.4, -0.2) is 19.3 Å². The van der Waals surface area contributed by atoms with Crippen LogP contribution in [0, 0.1) is 0 Å². The van der Waals surface area contributed by atoms with Gasteiger partial charge < -0.3 is 4.74 Å². The third-order valence-corrected chi connectivity index (χ3v) is 1.90. The molecule has 0 aliphatic heterocycles. The molecule has 0 spiro atoms. The van der Waals surface area contributed by atoms with Crippen molar-refractivity contribution in [3.8, 4) is 0 Å². The quantitative estimate of drug-likeness (QED) is 0.592. The third kappa shape index (κ3) is 3.58. The summed E-state index contributed by atoms with van der Waals surface area (Å²) < 4.78 is 52.6. The first-order chi connectivity index (χ1) is 7.84. The van der Waals surface area contributed by atoms with Gasteiger partial charge in [-0.05, 0) is 23.8 Å². The Morgan fingerprint density at radius 1 is 1.24 bits per heavy atom. The van der Waals surface area contributed by atoms with Crippen molar-refractivity contribution < 1.29 is 27.1 Å². The van der Waals surface area contributed by atoms with Crippen molar-refractivity contribution in [2.24, 2.45) is 0 Å². The molecule has 0 aromatic heterocycles. The monoisotopic (exact) mass is 248 g/mol. The molecule has 0 aliphatic rings. The van der Waals surface area contributed by atoms with Gasteiger partial charge in [0.2, 0.25) is 5.83 Å². The lowest BCUT2D eigenvalue weighted by atomic mass is 10.1. The molecule has 0 unspecified atom stereocenters. The molecule has 0 radical (unpaired) electrons. The van der Waals surface area contributed by atoms with Crippen LogP contribution in [0.2, 0.25) is 0 Å². The summed E-state index contributed by atoms with van der Waals surface area (Å²) >= 11 is 0. The lowest BCUT2D eigenvalue weighted by Crippen LogP contribution is -2.07. The number of methoxy groups -OCH3 is 1. The predicted octanol–water partition coefficient (Wildman–Crippen LogP) is 3.35. The minimum absolute atomic E-state index is 0.00692. The number of ether oxygens (including phenoxy) is 1. The van der Waals surface area contributed by atoms with E-state index >= 15 is 0 Å². The van der Waals surface area contributed by atoms with E-state index in [1.54, 1.807) is 0 Å². The number of alkyl halides is 3. The van der Waals surface area contributed by atoms with Crippen molar-refractivity contribution in [2.45, 2.75) is 6.18 Å². The summed E-state index contributed by atoms with van der Waals surface area (Å²) in [4.78, 5) is 11.0. The van der Waals surface area contributed by atoms with Crippen LogP contribution in [0.3, 0.4) is 0 Å². The summed E-state index contributed by atoms with van der Waals surface area (Å²) in [6.45, 7) is 0. The highest BCUT2D eigenvalue weighted by atomic mass is 19.4. The number of esters is 1. The number of carbonyl (C=O) groups is 1. The highest BCUT2D eigenvalue weighted by molar-refractivity contribution is 5.89. The van der Waals surface area contributed by atoms with Gasteiger partial charge in [0.05, 0.1) is 12.7 Å². The van der Waals surface area contributed by atoms with Gasteiger partial charge in [-0.2, -0.15) is 13.2 Å². The molecule has 1 aromatic carbocycles. The molecule has 6 heteroatoms. The molecule has 0 bridgehead atoms. The first-order valence-corrected chi connectivity index (χ1v) is 4.47. The molecule has 0 atom stereocenters. The second kappa shape index (κ2) is 4.99. The van der Waals surface area contributed by atoms with Gasteiger partial charge in [-0.25, -0.2) is 9.18 Å². The first kappa shape index (κ1) is 13.2. The fourth-order valence-electron chi connectivity index (χ4n) is 1.06. The number of benzene rings is 1. The number of rotatable bonds is 2. The van der Waals surface area contributed by atoms with E-state index in [4.69, 9.17) is 0 Å². The zero-order valence-corrected chi connectivity index (χ0v) is 8.72. The van der Waals surface area contributed by atoms with Crippen LogP contribution in [0.15, 0.2) is 30.1 Å². The minimum atomic E-state index is -5.00. The van der Waals surface area contributed by atoms with Gasteiger partial charge in [0, 0.05) is 0 Å². The first-order valence-electron chi connectivity index (χ1n) is 4.47. The number of hydrogen-bond donors (Lipinski definition) is 0. The van der Waals surface area contributed by atoms with Crippen LogP contribution in [0.25, 0.3) is 6.08 Å². The lowest BCUT2D eigenvalue weighted by Gasteiger charge is -2.03. The summed E-state index contributed by atoms with van der Waals surface area (Å²) in [5.74, 6) is -2.81. The fourth-order valence-corrected chi connectivity index (χ4v) is 1.06. The molecule has 0 amide bonds. The van der Waals surface area contributed by atoms with E-state index in [1.807, 2.05) is 0 Å². The Kier molecular flexibility index (Phi) is 3.88. The third-order valence-electron chi connectivity index (χ3n) is 1.90. The van der Waals surface area contributed by atoms with Crippen LogP contribution < -0.4 is 0 Å². The van der Waals surface area contributed by atoms with Gasteiger partial charge in [0.1, 0.15) is 0 Å². The zero-order chi connectivity index (χ0) is 13.1. The molecule has 2 nitrogen and oxygen atoms in total. The van der Waals surface area contributed by atoms with E-state index in [9.17, 15) is 22.4 Å². The highest BCUT2D eigenvalue weighted by Gasteiger charge is 2.34. The summed E-state index contributed by atoms with van der Waals surface area (Å²) in [5.41, 5.74) is 0.185. The van der Waals surface area contributed by atoms with Gasteiger partial charge in [-0.15, -0.1) is 0 Å². The topological polar surface area (TPSA) is 26.3 Å². The molecule has 1 aromatic rings. The Hall–Kier alpha value is -1.85. The van der Waals surface area contributed by atoms with Crippen LogP contribution in [-0.2, 0) is 4.74 Å². The molecule has 0 heterocycles. The Morgan fingerprint density at radius 2 is 1.76 bits per heavy atom. The summed E-state index contributed by atoms with van der Waals surface area (Å²) in [5, 5.41) is 0. The summed E-state index contributed by atoms with van der Waals surface area (Å²) in [6, 6.07) is 4.89. The lowest BCUT2D eigenvalue weighted by molar-refractivity contribution is -0.107. The number of hydrogen-bond acceptors (Lipinski definition) is 2. The van der Waals surface area contributed by atoms with Gasteiger partial charge >= 0.3 is 12.1 Å². The second-order valence-corrected chi connectivity index (χ2v) is 3.10. The summed E-state index contributed by atoms with van der Waals surface area (Å²) in [6.07, 6.45) is -4.65. The molecule has 1 rings (SSSR count). The summed E-state index contributed by atoms with van der Waals surface area (Å²) in [7, 11) is 1.18. The molecule has 0 fully saturated rings. The largest absolute Gasteiger partial charge is 0.465 e. The van der Waals surface area contributed by atoms with Crippen molar-refractivity contribution in [3.63, 3.8) is 0 Å². The Balaban J connectivity index is 2.93. The molecular weight excluding hydrogens is 240 g/mol. The minimum Gasteiger partial charge on any atom is -0.465 e. The van der Waals surface area contributed by atoms with E-state index in [0.29, 0.717) is 6.08 Å². The molecular formula is C11H8F4O2. The van der Waals surface area contributed by atoms with Crippen LogP contribution in [0.4, 0.5) is 17.6 Å². The van der Waals surface area contributed by atoms with Gasteiger partial charge in [0.25, 0.3) is 0 Å². The average molecular weight is 248 g/mol. The van der Waals surface area contributed by atoms with Crippen molar-refractivity contribution in [1.82, 2.24) is 0 Å². The molecule has 0 N–H and O–H groups in total. The van der Waals surface area contributed by atoms with E-state index in [0.717, 1.165) is 0 Å². The van der Waals surface area contributed by atoms with E-state index in [2.05, 4.69) is 4.74 Å². The predicted molar refractivity (Wildman–Crippen MR) is 52.9 cm³/mol. The maximum atomic E-state index is 12.6. The maximum Gasteiger partial charge on any atom is 0.442 e. The van der Waals surface area contributed by atoms with Crippen LogP contribution in [0.5, 0.6) is 0 Å². The average Bonchev–Trinajstić information content (AvgIpc) is 2.27. The van der Waals surface area contributed by atoms with Gasteiger partial charge in [-0.1, -0.05) is 12.1 Å². The molecule has 92 valence electrons. The van der Waals surface area contributed by atoms with E-state index in [-0.39, 0.29) is 11.1 Å². The Morgan fingerprint density at radius 3 is 2.18 bits per heavy atom. The standard InChI is InChI=1S/C11H8F4O2/c1-17-10(16)8-4-2-7(3-5-8)6-9(12)11(13,14)15/h2-6H,1H3/b9-6-. The maximum absolute atomic E-state index is 12.6. The smallest absolute Gasteiger partial charge is 0.442 e. The molecule has 0 aliphatic carbocycles.